The number of ether oxygens (including phenoxy) is 1. The summed E-state index contributed by atoms with van der Waals surface area (Å²) in [6.45, 7) is 9.58. The van der Waals surface area contributed by atoms with Gasteiger partial charge in [0.2, 0.25) is 0 Å². The number of anilines is 2. The first-order chi connectivity index (χ1) is 34.0. The zero-order chi connectivity index (χ0) is 51.6. The first-order valence-corrected chi connectivity index (χ1v) is 27.9. The number of aliphatic hydroxyl groups is 1. The highest BCUT2D eigenvalue weighted by molar-refractivity contribution is 7.99. The van der Waals surface area contributed by atoms with Crippen molar-refractivity contribution in [3.05, 3.63) is 137 Å². The highest BCUT2D eigenvalue weighted by Crippen LogP contribution is 2.42. The van der Waals surface area contributed by atoms with Gasteiger partial charge in [0.25, 0.3) is 25.8 Å². The summed E-state index contributed by atoms with van der Waals surface area (Å²) in [5.41, 5.74) is -3.53. The third kappa shape index (κ3) is 12.4. The van der Waals surface area contributed by atoms with E-state index < -0.39 is 64.5 Å². The molecule has 2 unspecified atom stereocenters. The van der Waals surface area contributed by atoms with Crippen molar-refractivity contribution in [1.82, 2.24) is 14.5 Å². The molecule has 1 spiro atoms. The number of carbonyl (C=O) groups is 2. The minimum absolute atomic E-state index is 0.0282. The van der Waals surface area contributed by atoms with Crippen molar-refractivity contribution in [3.8, 4) is 11.1 Å². The molecule has 3 aliphatic rings. The summed E-state index contributed by atoms with van der Waals surface area (Å²) in [5.74, 6) is -0.784. The number of aliphatic hydroxyl groups excluding tert-OH is 1. The van der Waals surface area contributed by atoms with E-state index in [1.807, 2.05) is 83.6 Å². The molecule has 3 heterocycles. The Hall–Kier alpha value is -5.31. The zero-order valence-corrected chi connectivity index (χ0v) is 43.1. The molecule has 8 rings (SSSR count). The average molecular weight is 1070 g/mol. The van der Waals surface area contributed by atoms with Crippen LogP contribution in [0.1, 0.15) is 62.1 Å². The van der Waals surface area contributed by atoms with Crippen molar-refractivity contribution in [2.45, 2.75) is 78.0 Å². The van der Waals surface area contributed by atoms with Crippen molar-refractivity contribution in [1.29, 1.82) is 0 Å². The number of thioether (sulfide) groups is 1. The Balaban J connectivity index is 0.916. The Morgan fingerprint density at radius 3 is 2.12 bits per heavy atom. The minimum atomic E-state index is -6.12. The molecule has 0 aromatic heterocycles. The van der Waals surface area contributed by atoms with E-state index in [2.05, 4.69) is 15.1 Å². The normalized spacial score (nSPS) is 17.4. The van der Waals surface area contributed by atoms with Crippen molar-refractivity contribution in [2.24, 2.45) is 11.3 Å². The number of piperidine rings is 1. The number of amides is 2. The summed E-state index contributed by atoms with van der Waals surface area (Å²) in [6.07, 6.45) is 0.634. The maximum absolute atomic E-state index is 14.3. The van der Waals surface area contributed by atoms with Gasteiger partial charge >= 0.3 is 11.6 Å². The number of sulfone groups is 1. The predicted molar refractivity (Wildman–Crippen MR) is 273 cm³/mol. The summed E-state index contributed by atoms with van der Waals surface area (Å²) >= 11 is 7.53. The van der Waals surface area contributed by atoms with Gasteiger partial charge in [0.15, 0.2) is 0 Å². The van der Waals surface area contributed by atoms with Crippen molar-refractivity contribution >= 4 is 66.6 Å². The number of sulfonamides is 1. The van der Waals surface area contributed by atoms with E-state index in [0.717, 1.165) is 39.4 Å². The van der Waals surface area contributed by atoms with Gasteiger partial charge in [0.1, 0.15) is 10.5 Å². The van der Waals surface area contributed by atoms with E-state index >= 15 is 0 Å². The summed E-state index contributed by atoms with van der Waals surface area (Å²) < 4.78 is 104. The van der Waals surface area contributed by atoms with Gasteiger partial charge in [-0.2, -0.15) is 13.2 Å². The van der Waals surface area contributed by atoms with E-state index in [0.29, 0.717) is 81.9 Å². The van der Waals surface area contributed by atoms with Crippen LogP contribution < -0.4 is 14.9 Å². The lowest BCUT2D eigenvalue weighted by molar-refractivity contribution is -0.112. The van der Waals surface area contributed by atoms with Crippen LogP contribution >= 0.6 is 23.4 Å². The smallest absolute Gasteiger partial charge is 0.444 e. The number of halogens is 4. The molecule has 0 saturated carbocycles. The molecule has 0 bridgehead atoms. The molecule has 13 nitrogen and oxygen atoms in total. The van der Waals surface area contributed by atoms with Crippen molar-refractivity contribution in [2.75, 3.05) is 61.8 Å². The molecule has 2 atom stereocenters. The fourth-order valence-corrected chi connectivity index (χ4v) is 12.7. The van der Waals surface area contributed by atoms with Gasteiger partial charge in [-0.1, -0.05) is 66.2 Å². The molecule has 5 aromatic carbocycles. The van der Waals surface area contributed by atoms with Crippen LogP contribution in [0.25, 0.3) is 11.1 Å². The number of likely N-dealkylation sites (tertiary alicyclic amines) is 2. The number of nitrogens with zero attached hydrogens (tertiary/aromatic N) is 3. The Kier molecular flexibility index (Phi) is 15.7. The third-order valence-electron chi connectivity index (χ3n) is 13.2. The summed E-state index contributed by atoms with van der Waals surface area (Å²) in [5, 5.41) is 15.2. The van der Waals surface area contributed by atoms with Gasteiger partial charge in [-0.3, -0.25) is 4.79 Å². The molecule has 384 valence electrons. The van der Waals surface area contributed by atoms with Crippen molar-refractivity contribution < 1.29 is 49.4 Å². The zero-order valence-electron chi connectivity index (χ0n) is 39.9. The van der Waals surface area contributed by atoms with Gasteiger partial charge in [-0.25, -0.2) is 26.4 Å². The largest absolute Gasteiger partial charge is 0.501 e. The molecule has 3 aliphatic heterocycles. The SMILES string of the molecule is CC(C)(C)OC(=O)N1CC2(CN(CCC(CSc3ccccc3)Nc3ccc(S(=O)(=O)NC(=O)c4ccc(N5CCC(C(O)c6ccccc6-c6ccc(Cl)cc6)CC5)cc4)cc3S(=O)(=O)C(F)(F)F)C2)C1. The quantitative estimate of drug-likeness (QED) is 0.0803. The molecule has 3 N–H and O–H groups in total. The lowest BCUT2D eigenvalue weighted by Gasteiger charge is -2.60. The van der Waals surface area contributed by atoms with Crippen LogP contribution in [0.15, 0.2) is 136 Å². The number of hydrogen-bond acceptors (Lipinski definition) is 12. The van der Waals surface area contributed by atoms with E-state index in [-0.39, 0.29) is 23.0 Å². The summed E-state index contributed by atoms with van der Waals surface area (Å²) in [6, 6.07) is 32.4. The second kappa shape index (κ2) is 21.3. The lowest BCUT2D eigenvalue weighted by Crippen LogP contribution is -2.73. The van der Waals surface area contributed by atoms with Crippen LogP contribution in [0.3, 0.4) is 0 Å². The number of hydrogen-bond donors (Lipinski definition) is 3. The topological polar surface area (TPSA) is 166 Å². The highest BCUT2D eigenvalue weighted by atomic mass is 35.5. The van der Waals surface area contributed by atoms with E-state index in [1.165, 1.54) is 23.9 Å². The summed E-state index contributed by atoms with van der Waals surface area (Å²) in [7, 11) is -11.0. The first kappa shape index (κ1) is 53.0. The van der Waals surface area contributed by atoms with Gasteiger partial charge in [0, 0.05) is 84.2 Å². The minimum Gasteiger partial charge on any atom is -0.444 e. The van der Waals surface area contributed by atoms with Gasteiger partial charge in [-0.05, 0) is 129 Å². The second-order valence-corrected chi connectivity index (χ2v) is 24.9. The van der Waals surface area contributed by atoms with E-state index in [4.69, 9.17) is 16.3 Å². The Bertz CT molecular complexity index is 2960. The fourth-order valence-electron chi connectivity index (χ4n) is 9.52. The maximum atomic E-state index is 14.3. The molecular weight excluding hydrogens is 1010 g/mol. The Morgan fingerprint density at radius 1 is 0.847 bits per heavy atom. The molecule has 72 heavy (non-hydrogen) atoms. The number of carbonyl (C=O) groups excluding carboxylic acids is 2. The van der Waals surface area contributed by atoms with Crippen LogP contribution in [0.5, 0.6) is 0 Å². The number of rotatable bonds is 16. The average Bonchev–Trinajstić information content (AvgIpc) is 3.31. The van der Waals surface area contributed by atoms with Crippen LogP contribution in [0.4, 0.5) is 29.3 Å². The Morgan fingerprint density at radius 2 is 1.49 bits per heavy atom. The van der Waals surface area contributed by atoms with Crippen molar-refractivity contribution in [3.63, 3.8) is 0 Å². The van der Waals surface area contributed by atoms with Gasteiger partial charge in [0.05, 0.1) is 16.7 Å². The van der Waals surface area contributed by atoms with Gasteiger partial charge in [-0.15, -0.1) is 11.8 Å². The Labute approximate surface area is 428 Å². The number of nitrogens with one attached hydrogen (secondary N) is 2. The van der Waals surface area contributed by atoms with Crippen LogP contribution in [0, 0.1) is 11.3 Å². The second-order valence-electron chi connectivity index (χ2n) is 19.8. The molecule has 20 heteroatoms. The molecule has 0 aliphatic carbocycles. The fraction of sp³-hybridized carbons (Fsp3) is 0.385. The molecule has 5 aromatic rings. The van der Waals surface area contributed by atoms with Crippen LogP contribution in [0.2, 0.25) is 5.02 Å². The number of alkyl halides is 3. The van der Waals surface area contributed by atoms with E-state index in [1.54, 1.807) is 37.8 Å². The third-order valence-corrected chi connectivity index (χ3v) is 17.5. The lowest BCUT2D eigenvalue weighted by atomic mass is 9.73. The predicted octanol–water partition coefficient (Wildman–Crippen LogP) is 9.88. The first-order valence-electron chi connectivity index (χ1n) is 23.5. The molecule has 3 saturated heterocycles. The van der Waals surface area contributed by atoms with Crippen LogP contribution in [-0.2, 0) is 24.6 Å². The van der Waals surface area contributed by atoms with E-state index in [9.17, 15) is 44.7 Å². The standard InChI is InChI=1S/C52H57ClF3N5O8S3/c1-50(2,3)69-49(64)61-33-51(34-61)31-59(32-51)26-25-39(30-70-41-9-5-4-6-10-41)57-45-22-21-42(29-46(45)71(65,66)52(54,55)56)72(67,68)58-48(63)37-15-19-40(20-16-37)60-27-23-36(24-28-60)47(62)44-12-8-7-11-43(44)35-13-17-38(53)18-14-35/h4-22,29,36,39,47,57,62H,23-28,30-34H2,1-3H3,(H,58,63). The molecule has 0 radical (unpaired) electrons. The summed E-state index contributed by atoms with van der Waals surface area (Å²) in [4.78, 5) is 30.5. The molecule has 3 fully saturated rings. The van der Waals surface area contributed by atoms with Crippen LogP contribution in [-0.4, -0.2) is 112 Å². The monoisotopic (exact) mass is 1070 g/mol. The van der Waals surface area contributed by atoms with Gasteiger partial charge < -0.3 is 29.9 Å². The highest BCUT2D eigenvalue weighted by Gasteiger charge is 2.54. The maximum Gasteiger partial charge on any atom is 0.501 e. The number of benzene rings is 5. The molecule has 2 amide bonds. The molecular formula is C52H57ClF3N5O8S3.